The molecular formula is C12H20N2S. The zero-order valence-electron chi connectivity index (χ0n) is 9.36. The minimum absolute atomic E-state index is 0.337. The summed E-state index contributed by atoms with van der Waals surface area (Å²) in [5.41, 5.74) is 7.47. The highest BCUT2D eigenvalue weighted by atomic mass is 32.1. The van der Waals surface area contributed by atoms with Crippen LogP contribution >= 0.6 is 11.3 Å². The second-order valence-corrected chi connectivity index (χ2v) is 5.24. The number of nitrogens with zero attached hydrogens (tertiary/aromatic N) is 1. The molecule has 2 rings (SSSR count). The van der Waals surface area contributed by atoms with Crippen molar-refractivity contribution in [2.24, 2.45) is 5.73 Å². The summed E-state index contributed by atoms with van der Waals surface area (Å²) in [6, 6.07) is 3.36. The van der Waals surface area contributed by atoms with E-state index in [1.165, 1.54) is 18.4 Å². The fourth-order valence-electron chi connectivity index (χ4n) is 1.83. The van der Waals surface area contributed by atoms with Gasteiger partial charge in [0.1, 0.15) is 0 Å². The lowest BCUT2D eigenvalue weighted by molar-refractivity contribution is 0.236. The van der Waals surface area contributed by atoms with Gasteiger partial charge in [-0.2, -0.15) is 11.3 Å². The monoisotopic (exact) mass is 224 g/mol. The molecule has 2 nitrogen and oxygen atoms in total. The molecule has 84 valence electrons. The molecule has 0 spiro atoms. The highest BCUT2D eigenvalue weighted by molar-refractivity contribution is 7.07. The van der Waals surface area contributed by atoms with Gasteiger partial charge in [-0.25, -0.2) is 0 Å². The van der Waals surface area contributed by atoms with Crippen LogP contribution < -0.4 is 5.73 Å². The van der Waals surface area contributed by atoms with Crippen molar-refractivity contribution in [2.45, 2.75) is 44.8 Å². The van der Waals surface area contributed by atoms with Crippen LogP contribution in [0.3, 0.4) is 0 Å². The molecule has 1 aliphatic rings. The lowest BCUT2D eigenvalue weighted by atomic mass is 10.2. The molecule has 3 heteroatoms. The van der Waals surface area contributed by atoms with Gasteiger partial charge in [-0.1, -0.05) is 6.92 Å². The Hall–Kier alpha value is -0.380. The number of hydrogen-bond donors (Lipinski definition) is 1. The highest BCUT2D eigenvalue weighted by Gasteiger charge is 2.29. The molecule has 1 saturated carbocycles. The van der Waals surface area contributed by atoms with Crippen molar-refractivity contribution in [3.8, 4) is 0 Å². The molecule has 15 heavy (non-hydrogen) atoms. The molecule has 1 aromatic rings. The van der Waals surface area contributed by atoms with Gasteiger partial charge in [-0.15, -0.1) is 0 Å². The smallest absolute Gasteiger partial charge is 0.0245 e. The summed E-state index contributed by atoms with van der Waals surface area (Å²) < 4.78 is 0. The second-order valence-electron chi connectivity index (χ2n) is 4.46. The van der Waals surface area contributed by atoms with Gasteiger partial charge in [-0.05, 0) is 41.7 Å². The molecule has 1 unspecified atom stereocenters. The molecule has 0 radical (unpaired) electrons. The number of thiophene rings is 1. The van der Waals surface area contributed by atoms with Gasteiger partial charge >= 0.3 is 0 Å². The summed E-state index contributed by atoms with van der Waals surface area (Å²) in [6.07, 6.45) is 3.80. The first-order valence-corrected chi connectivity index (χ1v) is 6.74. The minimum Gasteiger partial charge on any atom is -0.327 e. The molecule has 1 fully saturated rings. The molecule has 0 aliphatic heterocycles. The van der Waals surface area contributed by atoms with Gasteiger partial charge < -0.3 is 5.73 Å². The average Bonchev–Trinajstić information content (AvgIpc) is 2.97. The number of rotatable bonds is 6. The van der Waals surface area contributed by atoms with Crippen molar-refractivity contribution in [1.29, 1.82) is 0 Å². The Morgan fingerprint density at radius 1 is 1.60 bits per heavy atom. The standard InChI is InChI=1S/C12H20N2S/c1-2-11(13)8-14(12-3-4-12)7-10-5-6-15-9-10/h5-6,9,11-12H,2-4,7-8,13H2,1H3. The lowest BCUT2D eigenvalue weighted by Crippen LogP contribution is -2.38. The molecule has 2 N–H and O–H groups in total. The Labute approximate surface area is 96.1 Å². The first-order valence-electron chi connectivity index (χ1n) is 5.80. The Bertz CT molecular complexity index is 280. The van der Waals surface area contributed by atoms with Crippen LogP contribution in [0.25, 0.3) is 0 Å². The molecule has 0 bridgehead atoms. The summed E-state index contributed by atoms with van der Waals surface area (Å²) in [6.45, 7) is 4.30. The van der Waals surface area contributed by atoms with Crippen LogP contribution in [-0.4, -0.2) is 23.5 Å². The predicted octanol–water partition coefficient (Wildman–Crippen LogP) is 2.45. The zero-order chi connectivity index (χ0) is 10.7. The van der Waals surface area contributed by atoms with Gasteiger partial charge in [0.25, 0.3) is 0 Å². The van der Waals surface area contributed by atoms with E-state index < -0.39 is 0 Å². The van der Waals surface area contributed by atoms with Gasteiger partial charge in [0, 0.05) is 25.2 Å². The fraction of sp³-hybridized carbons (Fsp3) is 0.667. The van der Waals surface area contributed by atoms with E-state index in [2.05, 4.69) is 28.7 Å². The molecule has 1 atom stereocenters. The molecule has 0 saturated heterocycles. The number of hydrogen-bond acceptors (Lipinski definition) is 3. The van der Waals surface area contributed by atoms with Crippen LogP contribution in [0.1, 0.15) is 31.7 Å². The van der Waals surface area contributed by atoms with Crippen molar-refractivity contribution >= 4 is 11.3 Å². The van der Waals surface area contributed by atoms with Gasteiger partial charge in [0.05, 0.1) is 0 Å². The summed E-state index contributed by atoms with van der Waals surface area (Å²) in [7, 11) is 0. The van der Waals surface area contributed by atoms with Crippen LogP contribution in [0.15, 0.2) is 16.8 Å². The third-order valence-electron chi connectivity index (χ3n) is 3.02. The largest absolute Gasteiger partial charge is 0.327 e. The normalized spacial score (nSPS) is 18.3. The first kappa shape index (κ1) is 11.1. The maximum atomic E-state index is 6.03. The van der Waals surface area contributed by atoms with Crippen molar-refractivity contribution in [2.75, 3.05) is 6.54 Å². The predicted molar refractivity (Wildman–Crippen MR) is 66.0 cm³/mol. The third-order valence-corrected chi connectivity index (χ3v) is 3.75. The van der Waals surface area contributed by atoms with E-state index in [-0.39, 0.29) is 0 Å². The quantitative estimate of drug-likeness (QED) is 0.804. The Balaban J connectivity index is 1.88. The van der Waals surface area contributed by atoms with E-state index in [1.54, 1.807) is 11.3 Å². The molecule has 0 amide bonds. The Morgan fingerprint density at radius 2 is 2.40 bits per heavy atom. The molecule has 0 aromatic carbocycles. The van der Waals surface area contributed by atoms with Crippen LogP contribution in [0.4, 0.5) is 0 Å². The minimum atomic E-state index is 0.337. The Kier molecular flexibility index (Phi) is 3.78. The molecular weight excluding hydrogens is 204 g/mol. The van der Waals surface area contributed by atoms with Crippen LogP contribution in [-0.2, 0) is 6.54 Å². The third kappa shape index (κ3) is 3.30. The van der Waals surface area contributed by atoms with E-state index in [0.29, 0.717) is 6.04 Å². The first-order chi connectivity index (χ1) is 7.29. The molecule has 1 aliphatic carbocycles. The summed E-state index contributed by atoms with van der Waals surface area (Å²) >= 11 is 1.78. The van der Waals surface area contributed by atoms with E-state index >= 15 is 0 Å². The van der Waals surface area contributed by atoms with E-state index in [9.17, 15) is 0 Å². The molecule has 1 heterocycles. The van der Waals surface area contributed by atoms with Gasteiger partial charge in [0.15, 0.2) is 0 Å². The lowest BCUT2D eigenvalue weighted by Gasteiger charge is -2.24. The summed E-state index contributed by atoms with van der Waals surface area (Å²) in [5, 5.41) is 4.40. The second kappa shape index (κ2) is 5.10. The maximum absolute atomic E-state index is 6.03. The SMILES string of the molecule is CCC(N)CN(Cc1ccsc1)C1CC1. The summed E-state index contributed by atoms with van der Waals surface area (Å²) in [5.74, 6) is 0. The van der Waals surface area contributed by atoms with Crippen molar-refractivity contribution in [1.82, 2.24) is 4.90 Å². The zero-order valence-corrected chi connectivity index (χ0v) is 10.2. The highest BCUT2D eigenvalue weighted by Crippen LogP contribution is 2.28. The Morgan fingerprint density at radius 3 is 2.93 bits per heavy atom. The van der Waals surface area contributed by atoms with E-state index in [4.69, 9.17) is 5.73 Å². The van der Waals surface area contributed by atoms with Crippen LogP contribution in [0, 0.1) is 0 Å². The van der Waals surface area contributed by atoms with Crippen molar-refractivity contribution in [3.63, 3.8) is 0 Å². The average molecular weight is 224 g/mol. The van der Waals surface area contributed by atoms with Crippen molar-refractivity contribution in [3.05, 3.63) is 22.4 Å². The van der Waals surface area contributed by atoms with Crippen LogP contribution in [0.2, 0.25) is 0 Å². The fourth-order valence-corrected chi connectivity index (χ4v) is 2.49. The van der Waals surface area contributed by atoms with E-state index in [1.807, 2.05) is 0 Å². The van der Waals surface area contributed by atoms with E-state index in [0.717, 1.165) is 25.6 Å². The van der Waals surface area contributed by atoms with Crippen molar-refractivity contribution < 1.29 is 0 Å². The van der Waals surface area contributed by atoms with Crippen LogP contribution in [0.5, 0.6) is 0 Å². The van der Waals surface area contributed by atoms with Gasteiger partial charge in [0.2, 0.25) is 0 Å². The summed E-state index contributed by atoms with van der Waals surface area (Å²) in [4.78, 5) is 2.55. The topological polar surface area (TPSA) is 29.3 Å². The van der Waals surface area contributed by atoms with Gasteiger partial charge in [-0.3, -0.25) is 4.90 Å². The molecule has 1 aromatic heterocycles. The maximum Gasteiger partial charge on any atom is 0.0245 e. The number of nitrogens with two attached hydrogens (primary N) is 1.